The maximum atomic E-state index is 13.4. The van der Waals surface area contributed by atoms with Gasteiger partial charge in [-0.15, -0.1) is 0 Å². The van der Waals surface area contributed by atoms with Crippen LogP contribution in [-0.4, -0.2) is 12.8 Å². The van der Waals surface area contributed by atoms with Crippen molar-refractivity contribution in [2.75, 3.05) is 7.05 Å². The Balaban J connectivity index is 2.53. The van der Waals surface area contributed by atoms with Gasteiger partial charge in [0.1, 0.15) is 11.6 Å². The number of halogens is 5. The Morgan fingerprint density at radius 1 is 0.857 bits per heavy atom. The van der Waals surface area contributed by atoms with Gasteiger partial charge in [0.2, 0.25) is 0 Å². The molecule has 2 aromatic rings. The summed E-state index contributed by atoms with van der Waals surface area (Å²) in [6.07, 6.45) is -4.65. The molecule has 0 spiro atoms. The van der Waals surface area contributed by atoms with Crippen LogP contribution in [0.25, 0.3) is 0 Å². The van der Waals surface area contributed by atoms with E-state index in [1.165, 1.54) is 19.2 Å². The molecule has 0 amide bonds. The van der Waals surface area contributed by atoms with E-state index in [1.807, 2.05) is 0 Å². The first kappa shape index (κ1) is 15.2. The minimum atomic E-state index is -4.65. The summed E-state index contributed by atoms with van der Waals surface area (Å²) in [7, 11) is 1.37. The minimum Gasteiger partial charge on any atom is -0.287 e. The van der Waals surface area contributed by atoms with Crippen LogP contribution in [0.15, 0.2) is 47.5 Å². The van der Waals surface area contributed by atoms with E-state index in [2.05, 4.69) is 4.99 Å². The Hall–Kier alpha value is -2.24. The normalized spacial score (nSPS) is 12.6. The van der Waals surface area contributed by atoms with Crippen LogP contribution in [0.4, 0.5) is 22.0 Å². The molecular weight excluding hydrogens is 289 g/mol. The topological polar surface area (TPSA) is 12.4 Å². The van der Waals surface area contributed by atoms with Gasteiger partial charge in [0.15, 0.2) is 0 Å². The lowest BCUT2D eigenvalue weighted by atomic mass is 10.00. The van der Waals surface area contributed by atoms with Gasteiger partial charge in [-0.3, -0.25) is 4.99 Å². The molecule has 0 N–H and O–H groups in total. The molecule has 0 radical (unpaired) electrons. The highest BCUT2D eigenvalue weighted by atomic mass is 19.4. The van der Waals surface area contributed by atoms with Gasteiger partial charge >= 0.3 is 6.18 Å². The standard InChI is InChI=1S/C15H10F5N/c1-21-14(9-2-4-12(16)5-3-9)10-6-11(15(18,19)20)8-13(17)7-10/h2-8H,1H3/b21-14-. The molecule has 0 aliphatic carbocycles. The minimum absolute atomic E-state index is 0.0172. The van der Waals surface area contributed by atoms with Gasteiger partial charge in [0.05, 0.1) is 11.3 Å². The lowest BCUT2D eigenvalue weighted by Crippen LogP contribution is -2.10. The SMILES string of the molecule is C/N=C(/c1ccc(F)cc1)c1cc(F)cc(C(F)(F)F)c1. The monoisotopic (exact) mass is 299 g/mol. The molecule has 2 rings (SSSR count). The number of hydrogen-bond donors (Lipinski definition) is 0. The average Bonchev–Trinajstić information content (AvgIpc) is 2.40. The molecule has 0 fully saturated rings. The molecule has 0 aliphatic heterocycles. The zero-order chi connectivity index (χ0) is 15.6. The molecule has 1 nitrogen and oxygen atoms in total. The first-order chi connectivity index (χ1) is 9.81. The molecule has 0 heterocycles. The first-order valence-electron chi connectivity index (χ1n) is 5.92. The van der Waals surface area contributed by atoms with Gasteiger partial charge in [0, 0.05) is 18.2 Å². The third-order valence-electron chi connectivity index (χ3n) is 2.84. The quantitative estimate of drug-likeness (QED) is 0.574. The van der Waals surface area contributed by atoms with Gasteiger partial charge in [-0.2, -0.15) is 13.2 Å². The van der Waals surface area contributed by atoms with Gasteiger partial charge < -0.3 is 0 Å². The van der Waals surface area contributed by atoms with Gasteiger partial charge in [0.25, 0.3) is 0 Å². The van der Waals surface area contributed by atoms with Crippen molar-refractivity contribution < 1.29 is 22.0 Å². The smallest absolute Gasteiger partial charge is 0.287 e. The van der Waals surface area contributed by atoms with Crippen LogP contribution in [0.1, 0.15) is 16.7 Å². The van der Waals surface area contributed by atoms with Crippen molar-refractivity contribution in [2.24, 2.45) is 4.99 Å². The fourth-order valence-electron chi connectivity index (χ4n) is 1.92. The highest BCUT2D eigenvalue weighted by Gasteiger charge is 2.31. The molecule has 0 aliphatic rings. The summed E-state index contributed by atoms with van der Waals surface area (Å²) in [4.78, 5) is 3.88. The van der Waals surface area contributed by atoms with Gasteiger partial charge in [-0.05, 0) is 42.5 Å². The summed E-state index contributed by atoms with van der Waals surface area (Å²) in [6.45, 7) is 0. The predicted molar refractivity (Wildman–Crippen MR) is 69.4 cm³/mol. The molecule has 0 atom stereocenters. The van der Waals surface area contributed by atoms with Crippen LogP contribution in [0.2, 0.25) is 0 Å². The van der Waals surface area contributed by atoms with Gasteiger partial charge in [-0.25, -0.2) is 8.78 Å². The largest absolute Gasteiger partial charge is 0.416 e. The Morgan fingerprint density at radius 2 is 1.48 bits per heavy atom. The highest BCUT2D eigenvalue weighted by molar-refractivity contribution is 6.12. The molecule has 2 aromatic carbocycles. The number of alkyl halides is 3. The van der Waals surface area contributed by atoms with Crippen molar-refractivity contribution in [3.8, 4) is 0 Å². The molecular formula is C15H10F5N. The van der Waals surface area contributed by atoms with E-state index in [-0.39, 0.29) is 11.3 Å². The van der Waals surface area contributed by atoms with E-state index in [1.54, 1.807) is 0 Å². The summed E-state index contributed by atoms with van der Waals surface area (Å²) in [6, 6.07) is 7.25. The molecule has 0 aromatic heterocycles. The van der Waals surface area contributed by atoms with E-state index < -0.39 is 23.4 Å². The predicted octanol–water partition coefficient (Wildman–Crippen LogP) is 4.45. The summed E-state index contributed by atoms with van der Waals surface area (Å²) in [5.41, 5.74) is -0.560. The molecule has 0 unspecified atom stereocenters. The molecule has 21 heavy (non-hydrogen) atoms. The molecule has 0 saturated heterocycles. The number of benzene rings is 2. The van der Waals surface area contributed by atoms with E-state index in [0.29, 0.717) is 11.6 Å². The first-order valence-corrected chi connectivity index (χ1v) is 5.92. The van der Waals surface area contributed by atoms with Crippen LogP contribution >= 0.6 is 0 Å². The fraction of sp³-hybridized carbons (Fsp3) is 0.133. The molecule has 110 valence electrons. The number of nitrogens with zero attached hydrogens (tertiary/aromatic N) is 1. The van der Waals surface area contributed by atoms with Crippen molar-refractivity contribution in [3.63, 3.8) is 0 Å². The van der Waals surface area contributed by atoms with Crippen molar-refractivity contribution >= 4 is 5.71 Å². The maximum Gasteiger partial charge on any atom is 0.416 e. The molecule has 0 saturated carbocycles. The highest BCUT2D eigenvalue weighted by Crippen LogP contribution is 2.31. The van der Waals surface area contributed by atoms with Crippen molar-refractivity contribution in [1.29, 1.82) is 0 Å². The Labute approximate surface area is 117 Å². The second-order valence-electron chi connectivity index (χ2n) is 4.31. The van der Waals surface area contributed by atoms with Crippen molar-refractivity contribution in [1.82, 2.24) is 0 Å². The average molecular weight is 299 g/mol. The van der Waals surface area contributed by atoms with Crippen LogP contribution in [0.5, 0.6) is 0 Å². The lowest BCUT2D eigenvalue weighted by molar-refractivity contribution is -0.137. The summed E-state index contributed by atoms with van der Waals surface area (Å²) in [5, 5.41) is 0. The van der Waals surface area contributed by atoms with Crippen molar-refractivity contribution in [2.45, 2.75) is 6.18 Å². The summed E-state index contributed by atoms with van der Waals surface area (Å²) >= 11 is 0. The zero-order valence-electron chi connectivity index (χ0n) is 10.9. The van der Waals surface area contributed by atoms with E-state index in [9.17, 15) is 22.0 Å². The van der Waals surface area contributed by atoms with Crippen LogP contribution in [0.3, 0.4) is 0 Å². The third-order valence-corrected chi connectivity index (χ3v) is 2.84. The third kappa shape index (κ3) is 3.45. The van der Waals surface area contributed by atoms with E-state index >= 15 is 0 Å². The van der Waals surface area contributed by atoms with Crippen LogP contribution in [-0.2, 0) is 6.18 Å². The fourth-order valence-corrected chi connectivity index (χ4v) is 1.92. The van der Waals surface area contributed by atoms with Gasteiger partial charge in [-0.1, -0.05) is 0 Å². The Bertz CT molecular complexity index is 671. The number of aliphatic imine (C=N–C) groups is 1. The Morgan fingerprint density at radius 3 is 2.00 bits per heavy atom. The van der Waals surface area contributed by atoms with Crippen LogP contribution in [0, 0.1) is 11.6 Å². The van der Waals surface area contributed by atoms with E-state index in [0.717, 1.165) is 24.3 Å². The van der Waals surface area contributed by atoms with E-state index in [4.69, 9.17) is 0 Å². The molecule has 6 heteroatoms. The second-order valence-corrected chi connectivity index (χ2v) is 4.31. The number of hydrogen-bond acceptors (Lipinski definition) is 1. The Kier molecular flexibility index (Phi) is 4.06. The molecule has 0 bridgehead atoms. The van der Waals surface area contributed by atoms with Crippen molar-refractivity contribution in [3.05, 3.63) is 70.8 Å². The zero-order valence-corrected chi connectivity index (χ0v) is 10.9. The maximum absolute atomic E-state index is 13.4. The van der Waals surface area contributed by atoms with Crippen LogP contribution < -0.4 is 0 Å². The lowest BCUT2D eigenvalue weighted by Gasteiger charge is -2.11. The summed E-state index contributed by atoms with van der Waals surface area (Å²) in [5.74, 6) is -1.49. The second kappa shape index (κ2) is 5.63. The number of rotatable bonds is 2. The summed E-state index contributed by atoms with van der Waals surface area (Å²) < 4.78 is 64.5.